The molecule has 0 amide bonds. The van der Waals surface area contributed by atoms with Crippen LogP contribution in [-0.2, 0) is 32.3 Å². The summed E-state index contributed by atoms with van der Waals surface area (Å²) < 4.78 is 12.4. The van der Waals surface area contributed by atoms with Crippen molar-refractivity contribution in [2.45, 2.75) is 231 Å². The van der Waals surface area contributed by atoms with E-state index in [4.69, 9.17) is 9.47 Å². The summed E-state index contributed by atoms with van der Waals surface area (Å²) in [7, 11) is 0. The van der Waals surface area contributed by atoms with E-state index in [1.165, 1.54) is 101 Å². The van der Waals surface area contributed by atoms with E-state index in [0.29, 0.717) is 38.3 Å². The molecule has 8 nitrogen and oxygen atoms in total. The fourth-order valence-electron chi connectivity index (χ4n) is 7.28. The number of unbranched alkanes of at least 4 members (excludes halogenated alkanes) is 16. The van der Waals surface area contributed by atoms with Crippen molar-refractivity contribution in [3.8, 4) is 0 Å². The summed E-state index contributed by atoms with van der Waals surface area (Å²) in [5.74, 6) is -2.33. The minimum Gasteiger partial charge on any atom is -0.550 e. The molecule has 2 rings (SSSR count). The molecule has 0 saturated carbocycles. The van der Waals surface area contributed by atoms with E-state index in [2.05, 4.69) is 62.4 Å². The molecule has 4 atom stereocenters. The fourth-order valence-corrected chi connectivity index (χ4v) is 7.28. The molecule has 0 aliphatic heterocycles. The van der Waals surface area contributed by atoms with Gasteiger partial charge in [-0.25, -0.2) is 0 Å². The number of aliphatic hydroxyl groups is 2. The Hall–Kier alpha value is -1.21. The number of hydrogen-bond acceptors (Lipinski definition) is 8. The van der Waals surface area contributed by atoms with Gasteiger partial charge in [0, 0.05) is 24.8 Å². The first-order chi connectivity index (χ1) is 28.2. The van der Waals surface area contributed by atoms with Gasteiger partial charge >= 0.3 is 48.9 Å². The largest absolute Gasteiger partial charge is 2.00 e. The predicted molar refractivity (Wildman–Crippen MR) is 238 cm³/mol. The minimum absolute atomic E-state index is 0. The average molecular weight is 949 g/mol. The van der Waals surface area contributed by atoms with Gasteiger partial charge in [0.2, 0.25) is 0 Å². The molecule has 0 saturated heterocycles. The molecule has 332 valence electrons. The summed E-state index contributed by atoms with van der Waals surface area (Å²) in [4.78, 5) is 20.8. The molecule has 2 N–H and O–H groups in total. The molecule has 2 aromatic rings. The molecule has 0 aromatic heterocycles. The van der Waals surface area contributed by atoms with Gasteiger partial charge in [0.1, 0.15) is 0 Å². The molecule has 2 aromatic carbocycles. The SMILES string of the molecule is CCCCC(CCCCCCCCCCC(O)CC(=O)[O-])OCc1ccccc1.CCCCC(CCCCCCCCCCC(O)CC(=O)[O-])OCc1ccccc1.[Ba+2]. The zero-order valence-electron chi connectivity index (χ0n) is 37.3. The third kappa shape index (κ3) is 38.2. The Balaban J connectivity index is 0.00000112. The van der Waals surface area contributed by atoms with Crippen LogP contribution >= 0.6 is 0 Å². The maximum absolute atomic E-state index is 10.4. The van der Waals surface area contributed by atoms with Gasteiger partial charge < -0.3 is 39.5 Å². The van der Waals surface area contributed by atoms with Crippen molar-refractivity contribution in [1.82, 2.24) is 0 Å². The normalized spacial score (nSPS) is 13.1. The second kappa shape index (κ2) is 42.1. The molecular weight excluding hydrogens is 866 g/mol. The Morgan fingerprint density at radius 1 is 0.458 bits per heavy atom. The summed E-state index contributed by atoms with van der Waals surface area (Å²) in [6.07, 6.45) is 28.2. The number of ether oxygens (including phenoxy) is 2. The van der Waals surface area contributed by atoms with Crippen LogP contribution in [0.15, 0.2) is 60.7 Å². The van der Waals surface area contributed by atoms with E-state index >= 15 is 0 Å². The number of carbonyl (C=O) groups excluding carboxylic acids is 2. The first-order valence-electron chi connectivity index (χ1n) is 23.3. The van der Waals surface area contributed by atoms with Gasteiger partial charge in [0.25, 0.3) is 0 Å². The van der Waals surface area contributed by atoms with Crippen LogP contribution in [0.5, 0.6) is 0 Å². The Morgan fingerprint density at radius 2 is 0.729 bits per heavy atom. The summed E-state index contributed by atoms with van der Waals surface area (Å²) in [5, 5.41) is 39.8. The van der Waals surface area contributed by atoms with Gasteiger partial charge in [-0.3, -0.25) is 0 Å². The van der Waals surface area contributed by atoms with E-state index in [9.17, 15) is 30.0 Å². The summed E-state index contributed by atoms with van der Waals surface area (Å²) in [5.41, 5.74) is 2.50. The molecule has 0 heterocycles. The molecule has 0 fully saturated rings. The van der Waals surface area contributed by atoms with Crippen LogP contribution in [-0.4, -0.2) is 95.4 Å². The summed E-state index contributed by atoms with van der Waals surface area (Å²) in [6.45, 7) is 5.90. The Kier molecular flexibility index (Phi) is 41.2. The van der Waals surface area contributed by atoms with Crippen molar-refractivity contribution in [3.63, 3.8) is 0 Å². The number of aliphatic hydroxyl groups excluding tert-OH is 2. The van der Waals surface area contributed by atoms with Crippen molar-refractivity contribution < 1.29 is 39.5 Å². The third-order valence-corrected chi connectivity index (χ3v) is 10.8. The van der Waals surface area contributed by atoms with E-state index in [1.807, 2.05) is 12.1 Å². The fraction of sp³-hybridized carbons (Fsp3) is 0.720. The van der Waals surface area contributed by atoms with Gasteiger partial charge in [-0.2, -0.15) is 0 Å². The van der Waals surface area contributed by atoms with Gasteiger partial charge in [-0.05, 0) is 49.7 Å². The van der Waals surface area contributed by atoms with Gasteiger partial charge in [0.15, 0.2) is 0 Å². The van der Waals surface area contributed by atoms with Crippen LogP contribution in [0, 0.1) is 0 Å². The number of aliphatic carboxylic acids is 2. The quantitative estimate of drug-likeness (QED) is 0.0501. The molecular formula is C50H82BaO8. The number of carboxylic acids is 2. The number of benzene rings is 2. The maximum Gasteiger partial charge on any atom is 2.00 e. The number of carboxylic acid groups (broad SMARTS) is 2. The number of rotatable bonds is 38. The zero-order chi connectivity index (χ0) is 42.3. The van der Waals surface area contributed by atoms with Crippen LogP contribution in [0.2, 0.25) is 0 Å². The van der Waals surface area contributed by atoms with Gasteiger partial charge in [-0.1, -0.05) is 203 Å². The smallest absolute Gasteiger partial charge is 0.550 e. The van der Waals surface area contributed by atoms with Crippen LogP contribution in [0.3, 0.4) is 0 Å². The van der Waals surface area contributed by atoms with Crippen LogP contribution in [0.1, 0.15) is 205 Å². The van der Waals surface area contributed by atoms with Crippen molar-refractivity contribution in [2.24, 2.45) is 0 Å². The Morgan fingerprint density at radius 3 is 1.02 bits per heavy atom. The number of carbonyl (C=O) groups is 2. The topological polar surface area (TPSA) is 139 Å². The first-order valence-corrected chi connectivity index (χ1v) is 23.3. The van der Waals surface area contributed by atoms with E-state index in [0.717, 1.165) is 64.2 Å². The van der Waals surface area contributed by atoms with Crippen molar-refractivity contribution in [3.05, 3.63) is 71.8 Å². The Labute approximate surface area is 400 Å². The van der Waals surface area contributed by atoms with E-state index < -0.39 is 24.1 Å². The van der Waals surface area contributed by atoms with Crippen LogP contribution in [0.4, 0.5) is 0 Å². The van der Waals surface area contributed by atoms with Crippen molar-refractivity contribution >= 4 is 60.8 Å². The zero-order valence-corrected chi connectivity index (χ0v) is 41.8. The monoisotopic (exact) mass is 949 g/mol. The van der Waals surface area contributed by atoms with Crippen LogP contribution < -0.4 is 10.2 Å². The average Bonchev–Trinajstić information content (AvgIpc) is 3.21. The maximum atomic E-state index is 10.4. The van der Waals surface area contributed by atoms with Crippen LogP contribution in [0.25, 0.3) is 0 Å². The van der Waals surface area contributed by atoms with E-state index in [-0.39, 0.29) is 61.7 Å². The Bertz CT molecular complexity index is 1110. The molecule has 4 unspecified atom stereocenters. The van der Waals surface area contributed by atoms with Crippen molar-refractivity contribution in [1.29, 1.82) is 0 Å². The summed E-state index contributed by atoms with van der Waals surface area (Å²) >= 11 is 0. The van der Waals surface area contributed by atoms with Gasteiger partial charge in [0.05, 0.1) is 37.6 Å². The standard InChI is InChI=1S/2C25H42O4.Ba/c2*1-2-3-18-24(29-21-22-15-11-10-12-16-22)19-14-9-7-5-4-6-8-13-17-23(26)20-25(27)28;/h2*10-12,15-16,23-24,26H,2-9,13-14,17-21H2,1H3,(H,27,28);/q;;+2/p-2. The molecule has 0 aliphatic carbocycles. The predicted octanol–water partition coefficient (Wildman–Crippen LogP) is 9.95. The summed E-state index contributed by atoms with van der Waals surface area (Å²) in [6, 6.07) is 20.8. The van der Waals surface area contributed by atoms with E-state index in [1.54, 1.807) is 0 Å². The second-order valence-corrected chi connectivity index (χ2v) is 16.4. The molecule has 0 bridgehead atoms. The number of hydrogen-bond donors (Lipinski definition) is 2. The third-order valence-electron chi connectivity index (χ3n) is 10.8. The molecule has 0 aliphatic rings. The van der Waals surface area contributed by atoms with Crippen molar-refractivity contribution in [2.75, 3.05) is 0 Å². The molecule has 0 spiro atoms. The second-order valence-electron chi connectivity index (χ2n) is 16.4. The molecule has 9 heteroatoms. The first kappa shape index (κ1) is 57.8. The molecule has 0 radical (unpaired) electrons. The van der Waals surface area contributed by atoms with Gasteiger partial charge in [-0.15, -0.1) is 0 Å². The molecule has 59 heavy (non-hydrogen) atoms. The minimum atomic E-state index is -1.17.